The van der Waals surface area contributed by atoms with Crippen molar-refractivity contribution in [2.24, 2.45) is 5.16 Å². The third kappa shape index (κ3) is 3.13. The Kier molecular flexibility index (Phi) is 4.13. The van der Waals surface area contributed by atoms with Gasteiger partial charge in [-0.05, 0) is 5.56 Å². The fraction of sp³-hybridized carbons (Fsp3) is 0.200. The number of carboxylic acid groups (broad SMARTS) is 1. The molecule has 0 heterocycles. The minimum Gasteiger partial charge on any atom is -0.465 e. The van der Waals surface area contributed by atoms with Crippen LogP contribution in [0.15, 0.2) is 29.4 Å². The van der Waals surface area contributed by atoms with E-state index in [1.54, 1.807) is 24.3 Å². The second-order valence-corrected chi connectivity index (χ2v) is 3.58. The van der Waals surface area contributed by atoms with Crippen LogP contribution in [0, 0.1) is 0 Å². The molecule has 5 nitrogen and oxygen atoms in total. The van der Waals surface area contributed by atoms with Crippen molar-refractivity contribution in [3.63, 3.8) is 0 Å². The molecule has 16 heavy (non-hydrogen) atoms. The molecule has 86 valence electrons. The van der Waals surface area contributed by atoms with E-state index < -0.39 is 6.09 Å². The molecule has 6 heteroatoms. The molecule has 0 aliphatic heterocycles. The Labute approximate surface area is 97.6 Å². The largest absolute Gasteiger partial charge is 0.465 e. The van der Waals surface area contributed by atoms with E-state index >= 15 is 0 Å². The van der Waals surface area contributed by atoms with Gasteiger partial charge in [-0.25, -0.2) is 4.79 Å². The third-order valence-electron chi connectivity index (χ3n) is 2.03. The average molecular weight is 243 g/mol. The minimum absolute atomic E-state index is 0.00172. The van der Waals surface area contributed by atoms with Gasteiger partial charge >= 0.3 is 6.09 Å². The Hall–Kier alpha value is -1.75. The maximum absolute atomic E-state index is 10.6. The van der Waals surface area contributed by atoms with Gasteiger partial charge in [-0.15, -0.1) is 0 Å². The van der Waals surface area contributed by atoms with Crippen LogP contribution < -0.4 is 0 Å². The van der Waals surface area contributed by atoms with E-state index in [2.05, 4.69) is 5.16 Å². The molecule has 0 saturated heterocycles. The van der Waals surface area contributed by atoms with Gasteiger partial charge in [0, 0.05) is 19.2 Å². The molecule has 0 unspecified atom stereocenters. The number of benzene rings is 1. The Morgan fingerprint density at radius 3 is 2.44 bits per heavy atom. The predicted molar refractivity (Wildman–Crippen MR) is 60.1 cm³/mol. The van der Waals surface area contributed by atoms with Crippen LogP contribution in [0.5, 0.6) is 0 Å². The molecule has 0 aromatic heterocycles. The van der Waals surface area contributed by atoms with E-state index in [0.29, 0.717) is 12.1 Å². The van der Waals surface area contributed by atoms with Gasteiger partial charge in [-0.3, -0.25) is 0 Å². The van der Waals surface area contributed by atoms with Crippen molar-refractivity contribution < 1.29 is 15.1 Å². The molecule has 1 aromatic carbocycles. The summed E-state index contributed by atoms with van der Waals surface area (Å²) in [5, 5.41) is 20.0. The van der Waals surface area contributed by atoms with Crippen molar-refractivity contribution in [1.29, 1.82) is 0 Å². The molecule has 0 aliphatic carbocycles. The third-order valence-corrected chi connectivity index (χ3v) is 2.32. The molecule has 0 atom stereocenters. The summed E-state index contributed by atoms with van der Waals surface area (Å²) < 4.78 is 0. The SMILES string of the molecule is CN(Cc1ccc(C(Cl)=NO)cc1)C(=O)O. The Morgan fingerprint density at radius 1 is 1.44 bits per heavy atom. The molecule has 1 aromatic rings. The standard InChI is InChI=1S/C10H11ClN2O3/c1-13(10(14)15)6-7-2-4-8(5-3-7)9(11)12-16/h2-5,16H,6H2,1H3,(H,14,15). The van der Waals surface area contributed by atoms with Crippen LogP contribution in [0.4, 0.5) is 4.79 Å². The van der Waals surface area contributed by atoms with Crippen molar-refractivity contribution in [2.75, 3.05) is 7.05 Å². The van der Waals surface area contributed by atoms with E-state index in [1.165, 1.54) is 7.05 Å². The highest BCUT2D eigenvalue weighted by Gasteiger charge is 2.06. The molecular formula is C10H11ClN2O3. The molecule has 0 aliphatic rings. The summed E-state index contributed by atoms with van der Waals surface area (Å²) in [6.45, 7) is 0.295. The van der Waals surface area contributed by atoms with Crippen LogP contribution in [0.25, 0.3) is 0 Å². The van der Waals surface area contributed by atoms with Crippen molar-refractivity contribution in [2.45, 2.75) is 6.54 Å². The lowest BCUT2D eigenvalue weighted by Gasteiger charge is -2.12. The van der Waals surface area contributed by atoms with E-state index in [4.69, 9.17) is 21.9 Å². The van der Waals surface area contributed by atoms with Crippen LogP contribution in [-0.4, -0.2) is 33.5 Å². The van der Waals surface area contributed by atoms with Gasteiger partial charge in [0.2, 0.25) is 0 Å². The normalized spacial score (nSPS) is 11.2. The summed E-state index contributed by atoms with van der Waals surface area (Å²) >= 11 is 5.59. The molecule has 2 N–H and O–H groups in total. The summed E-state index contributed by atoms with van der Waals surface area (Å²) in [5.74, 6) is 0. The second-order valence-electron chi connectivity index (χ2n) is 3.23. The first-order valence-electron chi connectivity index (χ1n) is 4.45. The van der Waals surface area contributed by atoms with E-state index in [-0.39, 0.29) is 5.17 Å². The quantitative estimate of drug-likeness (QED) is 0.485. The lowest BCUT2D eigenvalue weighted by Crippen LogP contribution is -2.23. The number of hydrogen-bond donors (Lipinski definition) is 2. The summed E-state index contributed by atoms with van der Waals surface area (Å²) in [6.07, 6.45) is -0.987. The van der Waals surface area contributed by atoms with Gasteiger partial charge in [-0.1, -0.05) is 41.0 Å². The highest BCUT2D eigenvalue weighted by atomic mass is 35.5. The topological polar surface area (TPSA) is 73.1 Å². The highest BCUT2D eigenvalue weighted by molar-refractivity contribution is 6.69. The number of nitrogens with zero attached hydrogens (tertiary/aromatic N) is 2. The van der Waals surface area contributed by atoms with Crippen LogP contribution in [0.2, 0.25) is 0 Å². The van der Waals surface area contributed by atoms with Crippen molar-refractivity contribution >= 4 is 22.9 Å². The average Bonchev–Trinajstić information content (AvgIpc) is 2.28. The number of halogens is 1. The van der Waals surface area contributed by atoms with Crippen molar-refractivity contribution in [3.8, 4) is 0 Å². The minimum atomic E-state index is -0.987. The Bertz CT molecular complexity index is 403. The molecule has 0 spiro atoms. The molecule has 1 amide bonds. The summed E-state index contributed by atoms with van der Waals surface area (Å²) in [6, 6.07) is 6.77. The summed E-state index contributed by atoms with van der Waals surface area (Å²) in [5.41, 5.74) is 1.40. The Balaban J connectivity index is 2.76. The van der Waals surface area contributed by atoms with Crippen LogP contribution in [0.3, 0.4) is 0 Å². The van der Waals surface area contributed by atoms with Gasteiger partial charge in [-0.2, -0.15) is 0 Å². The van der Waals surface area contributed by atoms with Crippen LogP contribution in [0.1, 0.15) is 11.1 Å². The zero-order chi connectivity index (χ0) is 12.1. The predicted octanol–water partition coefficient (Wildman–Crippen LogP) is 2.17. The number of oxime groups is 1. The van der Waals surface area contributed by atoms with Crippen LogP contribution >= 0.6 is 11.6 Å². The lowest BCUT2D eigenvalue weighted by atomic mass is 10.1. The smallest absolute Gasteiger partial charge is 0.407 e. The fourth-order valence-electron chi connectivity index (χ4n) is 1.15. The van der Waals surface area contributed by atoms with Gasteiger partial charge in [0.25, 0.3) is 0 Å². The molecule has 0 radical (unpaired) electrons. The summed E-state index contributed by atoms with van der Waals surface area (Å²) in [7, 11) is 1.48. The van der Waals surface area contributed by atoms with Crippen molar-refractivity contribution in [1.82, 2.24) is 4.90 Å². The van der Waals surface area contributed by atoms with Gasteiger partial charge in [0.05, 0.1) is 0 Å². The number of carbonyl (C=O) groups is 1. The zero-order valence-corrected chi connectivity index (χ0v) is 9.35. The Morgan fingerprint density at radius 2 is 2.00 bits per heavy atom. The van der Waals surface area contributed by atoms with E-state index in [9.17, 15) is 4.79 Å². The number of amides is 1. The van der Waals surface area contributed by atoms with E-state index in [0.717, 1.165) is 10.5 Å². The van der Waals surface area contributed by atoms with Crippen LogP contribution in [-0.2, 0) is 6.54 Å². The first-order chi connectivity index (χ1) is 7.54. The van der Waals surface area contributed by atoms with Gasteiger partial charge < -0.3 is 15.2 Å². The lowest BCUT2D eigenvalue weighted by molar-refractivity contribution is 0.154. The maximum Gasteiger partial charge on any atom is 0.407 e. The number of rotatable bonds is 3. The maximum atomic E-state index is 10.6. The summed E-state index contributed by atoms with van der Waals surface area (Å²) in [4.78, 5) is 11.7. The molecule has 0 bridgehead atoms. The van der Waals surface area contributed by atoms with Gasteiger partial charge in [0.15, 0.2) is 5.17 Å². The number of hydrogen-bond acceptors (Lipinski definition) is 3. The first-order valence-corrected chi connectivity index (χ1v) is 4.83. The fourth-order valence-corrected chi connectivity index (χ4v) is 1.27. The van der Waals surface area contributed by atoms with Gasteiger partial charge in [0.1, 0.15) is 0 Å². The molecular weight excluding hydrogens is 232 g/mol. The zero-order valence-electron chi connectivity index (χ0n) is 8.59. The van der Waals surface area contributed by atoms with E-state index in [1.807, 2.05) is 0 Å². The first kappa shape index (κ1) is 12.3. The molecule has 0 saturated carbocycles. The molecule has 0 fully saturated rings. The van der Waals surface area contributed by atoms with Crippen molar-refractivity contribution in [3.05, 3.63) is 35.4 Å². The second kappa shape index (κ2) is 5.37. The highest BCUT2D eigenvalue weighted by Crippen LogP contribution is 2.09. The monoisotopic (exact) mass is 242 g/mol. The molecule has 1 rings (SSSR count).